The molecule has 1 aromatic heterocycles. The second kappa shape index (κ2) is 2.05. The molecule has 3 heteroatoms. The summed E-state index contributed by atoms with van der Waals surface area (Å²) in [7, 11) is 0. The number of hydrogen-bond acceptors (Lipinski definition) is 2. The van der Waals surface area contributed by atoms with Gasteiger partial charge in [-0.3, -0.25) is 0 Å². The maximum absolute atomic E-state index is 4.72. The fourth-order valence-electron chi connectivity index (χ4n) is 0.413. The highest BCUT2D eigenvalue weighted by Gasteiger charge is 1.92. The molecule has 0 atom stereocenters. The lowest BCUT2D eigenvalue weighted by molar-refractivity contribution is 1.31. The van der Waals surface area contributed by atoms with E-state index in [2.05, 4.69) is 16.9 Å². The summed E-state index contributed by atoms with van der Waals surface area (Å²) in [5.74, 6) is 0. The Labute approximate surface area is 52.9 Å². The number of rotatable bonds is 1. The van der Waals surface area contributed by atoms with E-state index in [9.17, 15) is 0 Å². The maximum atomic E-state index is 4.72. The summed E-state index contributed by atoms with van der Waals surface area (Å²) in [6.07, 6.45) is 3.29. The Hall–Kier alpha value is -0.700. The molecule has 0 aliphatic heterocycles. The van der Waals surface area contributed by atoms with Crippen molar-refractivity contribution in [2.45, 2.75) is 0 Å². The standard InChI is InChI=1S/C5H5N2S/c1-4(8)5-2-6-3-7-5/h2-3H,1H2,(H,6,7). The summed E-state index contributed by atoms with van der Waals surface area (Å²) in [6.45, 7) is 3.53. The van der Waals surface area contributed by atoms with Gasteiger partial charge in [0.2, 0.25) is 0 Å². The zero-order valence-corrected chi connectivity index (χ0v) is 5.03. The Bertz CT molecular complexity index is 178. The molecule has 0 saturated carbocycles. The minimum absolute atomic E-state index is 0.575. The van der Waals surface area contributed by atoms with Crippen LogP contribution in [-0.4, -0.2) is 14.8 Å². The van der Waals surface area contributed by atoms with Crippen LogP contribution >= 0.6 is 12.2 Å². The van der Waals surface area contributed by atoms with Gasteiger partial charge in [-0.2, -0.15) is 0 Å². The smallest absolute Gasteiger partial charge is 0.0947 e. The van der Waals surface area contributed by atoms with Crippen molar-refractivity contribution in [1.82, 2.24) is 9.97 Å². The highest BCUT2D eigenvalue weighted by molar-refractivity contribution is 7.81. The molecule has 2 nitrogen and oxygen atoms in total. The molecule has 0 amide bonds. The van der Waals surface area contributed by atoms with Crippen LogP contribution in [0, 0.1) is 6.92 Å². The van der Waals surface area contributed by atoms with Crippen molar-refractivity contribution in [2.75, 3.05) is 0 Å². The highest BCUT2D eigenvalue weighted by atomic mass is 32.1. The number of aromatic amines is 1. The Morgan fingerprint density at radius 1 is 1.88 bits per heavy atom. The molecular formula is C5H5N2S. The summed E-state index contributed by atoms with van der Waals surface area (Å²) in [5.41, 5.74) is 0.750. The number of hydrogen-bond donors (Lipinski definition) is 1. The van der Waals surface area contributed by atoms with Crippen LogP contribution in [0.1, 0.15) is 5.69 Å². The van der Waals surface area contributed by atoms with E-state index in [0.29, 0.717) is 4.86 Å². The summed E-state index contributed by atoms with van der Waals surface area (Å²) >= 11 is 4.72. The van der Waals surface area contributed by atoms with Crippen molar-refractivity contribution in [1.29, 1.82) is 0 Å². The number of thiocarbonyl (C=S) groups is 1. The molecule has 0 aliphatic carbocycles. The molecule has 1 aromatic rings. The molecule has 0 bridgehead atoms. The van der Waals surface area contributed by atoms with Crippen LogP contribution in [0.15, 0.2) is 12.5 Å². The predicted octanol–water partition coefficient (Wildman–Crippen LogP) is 0.962. The third kappa shape index (κ3) is 0.924. The monoisotopic (exact) mass is 125 g/mol. The van der Waals surface area contributed by atoms with E-state index in [1.807, 2.05) is 0 Å². The van der Waals surface area contributed by atoms with Gasteiger partial charge in [0.25, 0.3) is 0 Å². The van der Waals surface area contributed by atoms with Crippen molar-refractivity contribution in [3.63, 3.8) is 0 Å². The van der Waals surface area contributed by atoms with E-state index in [0.717, 1.165) is 5.69 Å². The van der Waals surface area contributed by atoms with Gasteiger partial charge in [-0.25, -0.2) is 4.98 Å². The lowest BCUT2D eigenvalue weighted by atomic mass is 10.4. The van der Waals surface area contributed by atoms with E-state index >= 15 is 0 Å². The van der Waals surface area contributed by atoms with Crippen LogP contribution in [0.3, 0.4) is 0 Å². The molecule has 1 radical (unpaired) electrons. The zero-order chi connectivity index (χ0) is 5.98. The zero-order valence-electron chi connectivity index (χ0n) is 4.22. The first-order valence-corrected chi connectivity index (χ1v) is 2.56. The first-order chi connectivity index (χ1) is 3.80. The topological polar surface area (TPSA) is 28.7 Å². The van der Waals surface area contributed by atoms with Gasteiger partial charge in [0, 0.05) is 11.1 Å². The molecule has 1 rings (SSSR count). The van der Waals surface area contributed by atoms with Gasteiger partial charge in [-0.05, 0) is 6.92 Å². The van der Waals surface area contributed by atoms with Crippen LogP contribution in [0.2, 0.25) is 0 Å². The summed E-state index contributed by atoms with van der Waals surface area (Å²) < 4.78 is 0. The first kappa shape index (κ1) is 5.44. The van der Waals surface area contributed by atoms with Crippen molar-refractivity contribution in [3.8, 4) is 0 Å². The normalized spacial score (nSPS) is 9.12. The van der Waals surface area contributed by atoms with Crippen LogP contribution in [0.25, 0.3) is 0 Å². The van der Waals surface area contributed by atoms with Gasteiger partial charge in [0.15, 0.2) is 0 Å². The van der Waals surface area contributed by atoms with E-state index in [-0.39, 0.29) is 0 Å². The minimum atomic E-state index is 0.575. The van der Waals surface area contributed by atoms with Crippen LogP contribution < -0.4 is 0 Å². The number of nitrogens with zero attached hydrogens (tertiary/aromatic N) is 1. The second-order valence-corrected chi connectivity index (χ2v) is 1.87. The van der Waals surface area contributed by atoms with Gasteiger partial charge in [-0.15, -0.1) is 0 Å². The van der Waals surface area contributed by atoms with Crippen molar-refractivity contribution < 1.29 is 0 Å². The largest absolute Gasteiger partial charge is 0.351 e. The van der Waals surface area contributed by atoms with Crippen LogP contribution in [-0.2, 0) is 0 Å². The second-order valence-electron chi connectivity index (χ2n) is 1.38. The molecule has 1 heterocycles. The molecule has 0 aromatic carbocycles. The molecule has 0 aliphatic rings. The molecular weight excluding hydrogens is 120 g/mol. The molecule has 0 saturated heterocycles. The fourth-order valence-corrected chi connectivity index (χ4v) is 0.524. The Morgan fingerprint density at radius 2 is 2.62 bits per heavy atom. The molecule has 1 N–H and O–H groups in total. The SMILES string of the molecule is [CH2]C(=S)c1c[nH]cn1. The van der Waals surface area contributed by atoms with Crippen molar-refractivity contribution in [3.05, 3.63) is 25.1 Å². The van der Waals surface area contributed by atoms with Gasteiger partial charge in [0.05, 0.1) is 12.0 Å². The average Bonchev–Trinajstić information content (AvgIpc) is 2.12. The maximum Gasteiger partial charge on any atom is 0.0947 e. The summed E-state index contributed by atoms with van der Waals surface area (Å²) in [4.78, 5) is 7.20. The third-order valence-electron chi connectivity index (χ3n) is 0.784. The van der Waals surface area contributed by atoms with Gasteiger partial charge >= 0.3 is 0 Å². The van der Waals surface area contributed by atoms with Crippen LogP contribution in [0.5, 0.6) is 0 Å². The summed E-state index contributed by atoms with van der Waals surface area (Å²) in [5, 5.41) is 0. The molecule has 41 valence electrons. The Balaban J connectivity index is 2.93. The predicted molar refractivity (Wildman–Crippen MR) is 35.6 cm³/mol. The van der Waals surface area contributed by atoms with Crippen molar-refractivity contribution in [2.24, 2.45) is 0 Å². The van der Waals surface area contributed by atoms with Gasteiger partial charge in [0.1, 0.15) is 0 Å². The first-order valence-electron chi connectivity index (χ1n) is 2.16. The quantitative estimate of drug-likeness (QED) is 0.447. The number of nitrogens with one attached hydrogen (secondary N) is 1. The minimum Gasteiger partial charge on any atom is -0.351 e. The van der Waals surface area contributed by atoms with E-state index < -0.39 is 0 Å². The molecule has 0 unspecified atom stereocenters. The van der Waals surface area contributed by atoms with Crippen molar-refractivity contribution >= 4 is 17.1 Å². The Kier molecular flexibility index (Phi) is 1.39. The van der Waals surface area contributed by atoms with Gasteiger partial charge < -0.3 is 4.98 Å². The number of imidazole rings is 1. The van der Waals surface area contributed by atoms with Gasteiger partial charge in [-0.1, -0.05) is 12.2 Å². The van der Waals surface area contributed by atoms with Crippen LogP contribution in [0.4, 0.5) is 0 Å². The molecule has 0 spiro atoms. The fraction of sp³-hybridized carbons (Fsp3) is 0. The van der Waals surface area contributed by atoms with E-state index in [4.69, 9.17) is 12.2 Å². The molecule has 0 fully saturated rings. The molecule has 8 heavy (non-hydrogen) atoms. The number of H-pyrrole nitrogens is 1. The lowest BCUT2D eigenvalue weighted by Crippen LogP contribution is -1.88. The lowest BCUT2D eigenvalue weighted by Gasteiger charge is -1.82. The Morgan fingerprint density at radius 3 is 2.88 bits per heavy atom. The number of aromatic nitrogens is 2. The third-order valence-corrected chi connectivity index (χ3v) is 0.993. The average molecular weight is 125 g/mol. The van der Waals surface area contributed by atoms with E-state index in [1.54, 1.807) is 12.5 Å². The highest BCUT2D eigenvalue weighted by Crippen LogP contribution is 1.91. The van der Waals surface area contributed by atoms with E-state index in [1.165, 1.54) is 0 Å². The summed E-state index contributed by atoms with van der Waals surface area (Å²) in [6, 6.07) is 0.